The number of aliphatic hydroxyl groups is 1. The summed E-state index contributed by atoms with van der Waals surface area (Å²) in [6.07, 6.45) is 2.58. The van der Waals surface area contributed by atoms with Gasteiger partial charge in [-0.05, 0) is 66.8 Å². The van der Waals surface area contributed by atoms with Crippen LogP contribution in [0.15, 0.2) is 41.3 Å². The summed E-state index contributed by atoms with van der Waals surface area (Å²) in [7, 11) is 0. The number of halogens is 3. The lowest BCUT2D eigenvalue weighted by Crippen LogP contribution is -2.49. The number of benzene rings is 2. The molecule has 9 heteroatoms. The second-order valence-electron chi connectivity index (χ2n) is 12.0. The molecule has 5 nitrogen and oxygen atoms in total. The summed E-state index contributed by atoms with van der Waals surface area (Å²) in [6, 6.07) is 7.54. The van der Waals surface area contributed by atoms with Gasteiger partial charge < -0.3 is 15.7 Å². The Bertz CT molecular complexity index is 1260. The minimum atomic E-state index is -1.31. The molecule has 2 fully saturated rings. The summed E-state index contributed by atoms with van der Waals surface area (Å²) in [5.41, 5.74) is -0.855. The molecule has 0 unspecified atom stereocenters. The van der Waals surface area contributed by atoms with Gasteiger partial charge in [0, 0.05) is 27.9 Å². The number of hydrogen-bond donors (Lipinski definition) is 3. The van der Waals surface area contributed by atoms with Crippen molar-refractivity contribution in [3.8, 4) is 0 Å². The molecule has 1 saturated carbocycles. The first-order valence-electron chi connectivity index (χ1n) is 13.1. The summed E-state index contributed by atoms with van der Waals surface area (Å²) in [5, 5.41) is 16.7. The Morgan fingerprint density at radius 3 is 2.58 bits per heavy atom. The minimum absolute atomic E-state index is 0.00451. The van der Waals surface area contributed by atoms with Crippen molar-refractivity contribution in [3.05, 3.63) is 64.2 Å². The zero-order chi connectivity index (χ0) is 27.4. The predicted molar refractivity (Wildman–Crippen MR) is 144 cm³/mol. The quantitative estimate of drug-likeness (QED) is 0.461. The number of rotatable bonds is 4. The molecular weight excluding hydrogens is 530 g/mol. The molecule has 1 spiro atoms. The molecule has 0 aromatic heterocycles. The van der Waals surface area contributed by atoms with E-state index in [0.29, 0.717) is 47.6 Å². The summed E-state index contributed by atoms with van der Waals surface area (Å²) in [5.74, 6) is -3.40. The van der Waals surface area contributed by atoms with Gasteiger partial charge in [0.1, 0.15) is 0 Å². The van der Waals surface area contributed by atoms with Crippen molar-refractivity contribution in [2.75, 3.05) is 0 Å². The van der Waals surface area contributed by atoms with Crippen molar-refractivity contribution in [1.29, 1.82) is 0 Å². The van der Waals surface area contributed by atoms with E-state index in [9.17, 15) is 19.1 Å². The molecule has 4 atom stereocenters. The number of carbonyl (C=O) groups is 2. The molecule has 1 saturated heterocycles. The number of nitrogens with one attached hydrogen (secondary N) is 2. The molecule has 38 heavy (non-hydrogen) atoms. The van der Waals surface area contributed by atoms with E-state index in [-0.39, 0.29) is 34.1 Å². The van der Waals surface area contributed by atoms with Crippen molar-refractivity contribution in [2.24, 2.45) is 5.41 Å². The molecule has 0 radical (unpaired) electrons. The number of hydrogen-bond acceptors (Lipinski definition) is 5. The maximum absolute atomic E-state index is 15.6. The topological polar surface area (TPSA) is 78.4 Å². The van der Waals surface area contributed by atoms with Crippen LogP contribution in [0.3, 0.4) is 0 Å². The van der Waals surface area contributed by atoms with Crippen molar-refractivity contribution < 1.29 is 23.5 Å². The fourth-order valence-corrected chi connectivity index (χ4v) is 8.04. The molecule has 1 amide bonds. The Morgan fingerprint density at radius 1 is 1.18 bits per heavy atom. The molecular formula is C29H33ClF2N2O3S. The Kier molecular flexibility index (Phi) is 7.39. The third-order valence-corrected chi connectivity index (χ3v) is 9.46. The van der Waals surface area contributed by atoms with Gasteiger partial charge >= 0.3 is 0 Å². The number of aliphatic hydroxyl groups excluding tert-OH is 1. The van der Waals surface area contributed by atoms with Crippen LogP contribution >= 0.6 is 23.4 Å². The number of fused-ring (bicyclic) bond motifs is 2. The third kappa shape index (κ3) is 4.78. The van der Waals surface area contributed by atoms with Gasteiger partial charge in [0.05, 0.1) is 17.6 Å². The summed E-state index contributed by atoms with van der Waals surface area (Å²) in [6.45, 7) is 6.16. The Labute approximate surface area is 231 Å². The highest BCUT2D eigenvalue weighted by Crippen LogP contribution is 2.60. The van der Waals surface area contributed by atoms with Crippen LogP contribution in [0.2, 0.25) is 5.02 Å². The van der Waals surface area contributed by atoms with Crippen LogP contribution in [-0.2, 0) is 15.0 Å². The Balaban J connectivity index is 1.67. The maximum atomic E-state index is 15.6. The van der Waals surface area contributed by atoms with E-state index in [4.69, 9.17) is 11.6 Å². The van der Waals surface area contributed by atoms with Crippen LogP contribution < -0.4 is 10.6 Å². The normalized spacial score (nSPS) is 31.0. The molecule has 2 aliphatic heterocycles. The first kappa shape index (κ1) is 27.6. The first-order chi connectivity index (χ1) is 17.9. The van der Waals surface area contributed by atoms with Crippen molar-refractivity contribution in [3.63, 3.8) is 0 Å². The first-order valence-corrected chi connectivity index (χ1v) is 14.3. The van der Waals surface area contributed by atoms with Crippen LogP contribution in [0.5, 0.6) is 0 Å². The van der Waals surface area contributed by atoms with E-state index >= 15 is 4.39 Å². The highest BCUT2D eigenvalue weighted by molar-refractivity contribution is 8.14. The lowest BCUT2D eigenvalue weighted by atomic mass is 9.62. The van der Waals surface area contributed by atoms with Gasteiger partial charge in [-0.25, -0.2) is 8.78 Å². The molecule has 5 rings (SSSR count). The van der Waals surface area contributed by atoms with E-state index < -0.39 is 35.1 Å². The second-order valence-corrected chi connectivity index (χ2v) is 13.4. The van der Waals surface area contributed by atoms with Crippen molar-refractivity contribution in [1.82, 2.24) is 10.6 Å². The summed E-state index contributed by atoms with van der Waals surface area (Å²) < 4.78 is 30.2. The molecule has 2 aromatic carbocycles. The molecule has 3 N–H and O–H groups in total. The predicted octanol–water partition coefficient (Wildman–Crippen LogP) is 5.47. The highest BCUT2D eigenvalue weighted by atomic mass is 35.5. The number of amides is 1. The largest absolute Gasteiger partial charge is 0.393 e. The Morgan fingerprint density at radius 2 is 1.89 bits per heavy atom. The van der Waals surface area contributed by atoms with Gasteiger partial charge in [-0.1, -0.05) is 62.3 Å². The van der Waals surface area contributed by atoms with Crippen LogP contribution in [-0.4, -0.2) is 40.4 Å². The fraction of sp³-hybridized carbons (Fsp3) is 0.517. The average Bonchev–Trinajstić information content (AvgIpc) is 3.31. The van der Waals surface area contributed by atoms with Gasteiger partial charge in [0.2, 0.25) is 11.0 Å². The SMILES string of the molecule is CC(C)(C)C[C@H]1N[C@@H](C(=O)N[C@H]2CC[C@H](O)CC2)[C@H](c2cccc(F)c2F)[C@@]12C(=O)Sc1cc(Cl)ccc12. The number of thioether (sulfide) groups is 1. The van der Waals surface area contributed by atoms with Gasteiger partial charge in [0.15, 0.2) is 11.6 Å². The summed E-state index contributed by atoms with van der Waals surface area (Å²) >= 11 is 7.32. The molecule has 2 aromatic rings. The average molecular weight is 563 g/mol. The van der Waals surface area contributed by atoms with Gasteiger partial charge in [-0.15, -0.1) is 0 Å². The van der Waals surface area contributed by atoms with E-state index in [1.54, 1.807) is 18.2 Å². The fourth-order valence-electron chi connectivity index (χ4n) is 6.52. The summed E-state index contributed by atoms with van der Waals surface area (Å²) in [4.78, 5) is 28.7. The van der Waals surface area contributed by atoms with Crippen LogP contribution in [0.4, 0.5) is 8.78 Å². The smallest absolute Gasteiger partial charge is 0.238 e. The van der Waals surface area contributed by atoms with E-state index in [2.05, 4.69) is 31.4 Å². The third-order valence-electron chi connectivity index (χ3n) is 8.14. The van der Waals surface area contributed by atoms with Gasteiger partial charge in [0.25, 0.3) is 0 Å². The van der Waals surface area contributed by atoms with E-state index in [0.717, 1.165) is 17.8 Å². The lowest BCUT2D eigenvalue weighted by molar-refractivity contribution is -0.124. The van der Waals surface area contributed by atoms with Gasteiger partial charge in [-0.3, -0.25) is 9.59 Å². The van der Waals surface area contributed by atoms with Crippen molar-refractivity contribution in [2.45, 2.75) is 93.3 Å². The minimum Gasteiger partial charge on any atom is -0.393 e. The molecule has 0 bridgehead atoms. The molecule has 3 aliphatic rings. The number of carbonyl (C=O) groups excluding carboxylic acids is 2. The monoisotopic (exact) mass is 562 g/mol. The maximum Gasteiger partial charge on any atom is 0.238 e. The molecule has 2 heterocycles. The molecule has 1 aliphatic carbocycles. The zero-order valence-electron chi connectivity index (χ0n) is 21.7. The van der Waals surface area contributed by atoms with Crippen molar-refractivity contribution >= 4 is 34.4 Å². The lowest BCUT2D eigenvalue weighted by Gasteiger charge is -2.38. The van der Waals surface area contributed by atoms with Gasteiger partial charge in [-0.2, -0.15) is 0 Å². The van der Waals surface area contributed by atoms with E-state index in [1.807, 2.05) is 0 Å². The second kappa shape index (κ2) is 10.2. The standard InChI is InChI=1S/C29H33ClF2N2O3S/c1-28(2,3)14-22-29(19-12-7-15(30)13-21(19)38-27(29)37)23(18-5-4-6-20(31)24(18)32)25(34-22)26(36)33-16-8-10-17(35)11-9-16/h4-7,12-13,16-17,22-23,25,34-35H,8-11,14H2,1-3H3,(H,33,36)/t16-,17-,22-,23+,25-,29+/m1/s1. The van der Waals surface area contributed by atoms with E-state index in [1.165, 1.54) is 12.1 Å². The van der Waals surface area contributed by atoms with Crippen LogP contribution in [0.1, 0.15) is 69.9 Å². The van der Waals surface area contributed by atoms with Crippen LogP contribution in [0, 0.1) is 17.0 Å². The Hall–Kier alpha value is -2.00. The zero-order valence-corrected chi connectivity index (χ0v) is 23.3. The van der Waals surface area contributed by atoms with Crippen LogP contribution in [0.25, 0.3) is 0 Å². The highest BCUT2D eigenvalue weighted by Gasteiger charge is 2.66. The molecule has 204 valence electrons.